The highest BCUT2D eigenvalue weighted by Gasteiger charge is 2.66. The van der Waals surface area contributed by atoms with Crippen LogP contribution in [0.1, 0.15) is 26.7 Å². The highest BCUT2D eigenvalue weighted by atomic mass is 19.3. The standard InChI is InChI=1S/C9H15F2N/c1-7(2)12-5-8(6-12)3-4-9(8,10)11/h7H,3-6H2,1-2H3. The lowest BCUT2D eigenvalue weighted by Gasteiger charge is -2.61. The van der Waals surface area contributed by atoms with Gasteiger partial charge in [-0.15, -0.1) is 0 Å². The third-order valence-electron chi connectivity index (χ3n) is 3.44. The molecule has 1 heterocycles. The van der Waals surface area contributed by atoms with E-state index in [0.29, 0.717) is 19.1 Å². The fourth-order valence-corrected chi connectivity index (χ4v) is 2.15. The molecule has 70 valence electrons. The minimum absolute atomic E-state index is 0.110. The van der Waals surface area contributed by atoms with Gasteiger partial charge in [-0.2, -0.15) is 0 Å². The van der Waals surface area contributed by atoms with E-state index in [9.17, 15) is 8.78 Å². The summed E-state index contributed by atoms with van der Waals surface area (Å²) in [5.41, 5.74) is -0.614. The van der Waals surface area contributed by atoms with Crippen molar-refractivity contribution in [1.29, 1.82) is 0 Å². The second kappa shape index (κ2) is 2.19. The molecule has 0 aromatic heterocycles. The Morgan fingerprint density at radius 2 is 1.75 bits per heavy atom. The van der Waals surface area contributed by atoms with Crippen LogP contribution in [0.5, 0.6) is 0 Å². The Labute approximate surface area is 71.7 Å². The second-order valence-electron chi connectivity index (χ2n) is 4.48. The normalized spacial score (nSPS) is 31.8. The van der Waals surface area contributed by atoms with Gasteiger partial charge in [0.25, 0.3) is 5.92 Å². The number of nitrogens with zero attached hydrogens (tertiary/aromatic N) is 1. The van der Waals surface area contributed by atoms with Crippen molar-refractivity contribution in [3.63, 3.8) is 0 Å². The van der Waals surface area contributed by atoms with Crippen molar-refractivity contribution in [1.82, 2.24) is 4.90 Å². The number of hydrogen-bond donors (Lipinski definition) is 0. The Kier molecular flexibility index (Phi) is 1.54. The van der Waals surface area contributed by atoms with Crippen LogP contribution in [0.4, 0.5) is 8.78 Å². The molecule has 2 rings (SSSR count). The van der Waals surface area contributed by atoms with E-state index in [0.717, 1.165) is 6.42 Å². The summed E-state index contributed by atoms with van der Waals surface area (Å²) in [4.78, 5) is 2.12. The van der Waals surface area contributed by atoms with Gasteiger partial charge in [-0.05, 0) is 20.3 Å². The molecule has 1 spiro atoms. The molecule has 0 atom stereocenters. The van der Waals surface area contributed by atoms with Crippen molar-refractivity contribution in [3.05, 3.63) is 0 Å². The Morgan fingerprint density at radius 1 is 1.17 bits per heavy atom. The zero-order valence-corrected chi connectivity index (χ0v) is 7.61. The Balaban J connectivity index is 1.95. The molecule has 0 aromatic carbocycles. The minimum Gasteiger partial charge on any atom is -0.299 e. The first kappa shape index (κ1) is 8.42. The molecule has 1 aliphatic carbocycles. The van der Waals surface area contributed by atoms with E-state index in [2.05, 4.69) is 18.7 Å². The van der Waals surface area contributed by atoms with Crippen molar-refractivity contribution in [3.8, 4) is 0 Å². The average Bonchev–Trinajstić information content (AvgIpc) is 1.81. The highest BCUT2D eigenvalue weighted by Crippen LogP contribution is 2.59. The van der Waals surface area contributed by atoms with Crippen molar-refractivity contribution in [2.24, 2.45) is 5.41 Å². The van der Waals surface area contributed by atoms with Gasteiger partial charge in [0, 0.05) is 25.6 Å². The van der Waals surface area contributed by atoms with Crippen LogP contribution in [0.15, 0.2) is 0 Å². The number of likely N-dealkylation sites (tertiary alicyclic amines) is 1. The number of alkyl halides is 2. The van der Waals surface area contributed by atoms with Gasteiger partial charge in [0.1, 0.15) is 0 Å². The van der Waals surface area contributed by atoms with E-state index < -0.39 is 11.3 Å². The fraction of sp³-hybridized carbons (Fsp3) is 1.00. The van der Waals surface area contributed by atoms with Crippen LogP contribution in [0.3, 0.4) is 0 Å². The predicted octanol–water partition coefficient (Wildman–Crippen LogP) is 2.13. The molecule has 1 aliphatic heterocycles. The van der Waals surface area contributed by atoms with E-state index in [-0.39, 0.29) is 6.42 Å². The second-order valence-corrected chi connectivity index (χ2v) is 4.48. The summed E-state index contributed by atoms with van der Waals surface area (Å²) in [6.45, 7) is 5.34. The Bertz CT molecular complexity index is 195. The molecule has 0 aromatic rings. The van der Waals surface area contributed by atoms with Gasteiger partial charge in [-0.3, -0.25) is 4.90 Å². The smallest absolute Gasteiger partial charge is 0.256 e. The van der Waals surface area contributed by atoms with Gasteiger partial charge in [0.15, 0.2) is 0 Å². The molecule has 1 saturated carbocycles. The Morgan fingerprint density at radius 3 is 2.00 bits per heavy atom. The third kappa shape index (κ3) is 0.859. The average molecular weight is 175 g/mol. The van der Waals surface area contributed by atoms with Crippen molar-refractivity contribution >= 4 is 0 Å². The fourth-order valence-electron chi connectivity index (χ4n) is 2.15. The number of rotatable bonds is 1. The number of halogens is 2. The van der Waals surface area contributed by atoms with Gasteiger partial charge in [-0.1, -0.05) is 0 Å². The van der Waals surface area contributed by atoms with Crippen LogP contribution in [-0.2, 0) is 0 Å². The topological polar surface area (TPSA) is 3.24 Å². The summed E-state index contributed by atoms with van der Waals surface area (Å²) in [6.07, 6.45) is 0.835. The monoisotopic (exact) mass is 175 g/mol. The molecule has 12 heavy (non-hydrogen) atoms. The zero-order valence-electron chi connectivity index (χ0n) is 7.61. The van der Waals surface area contributed by atoms with Crippen molar-refractivity contribution in [2.75, 3.05) is 13.1 Å². The predicted molar refractivity (Wildman–Crippen MR) is 43.3 cm³/mol. The molecule has 3 heteroatoms. The van der Waals surface area contributed by atoms with Crippen LogP contribution < -0.4 is 0 Å². The van der Waals surface area contributed by atoms with Gasteiger partial charge >= 0.3 is 0 Å². The molecule has 0 amide bonds. The molecule has 1 saturated heterocycles. The Hall–Kier alpha value is -0.180. The number of hydrogen-bond acceptors (Lipinski definition) is 1. The van der Waals surface area contributed by atoms with E-state index in [4.69, 9.17) is 0 Å². The first-order valence-corrected chi connectivity index (χ1v) is 4.59. The van der Waals surface area contributed by atoms with Gasteiger partial charge in [0.2, 0.25) is 0 Å². The van der Waals surface area contributed by atoms with E-state index >= 15 is 0 Å². The van der Waals surface area contributed by atoms with Crippen LogP contribution in [0.25, 0.3) is 0 Å². The van der Waals surface area contributed by atoms with Crippen LogP contribution in [0, 0.1) is 5.41 Å². The maximum atomic E-state index is 13.0. The summed E-state index contributed by atoms with van der Waals surface area (Å²) in [7, 11) is 0. The van der Waals surface area contributed by atoms with Gasteiger partial charge in [-0.25, -0.2) is 8.78 Å². The summed E-state index contributed by atoms with van der Waals surface area (Å²) in [5, 5.41) is 0. The maximum absolute atomic E-state index is 13.0. The lowest BCUT2D eigenvalue weighted by molar-refractivity contribution is -0.262. The molecule has 0 N–H and O–H groups in total. The summed E-state index contributed by atoms with van der Waals surface area (Å²) < 4.78 is 26.1. The van der Waals surface area contributed by atoms with E-state index in [1.165, 1.54) is 0 Å². The summed E-state index contributed by atoms with van der Waals surface area (Å²) in [5.74, 6) is -2.36. The molecule has 0 unspecified atom stereocenters. The largest absolute Gasteiger partial charge is 0.299 e. The molecular weight excluding hydrogens is 160 g/mol. The SMILES string of the molecule is CC(C)N1CC2(CCC2(F)F)C1. The molecule has 0 radical (unpaired) electrons. The van der Waals surface area contributed by atoms with E-state index in [1.807, 2.05) is 0 Å². The van der Waals surface area contributed by atoms with Crippen LogP contribution in [-0.4, -0.2) is 30.0 Å². The maximum Gasteiger partial charge on any atom is 0.256 e. The first-order chi connectivity index (χ1) is 5.47. The third-order valence-corrected chi connectivity index (χ3v) is 3.44. The summed E-state index contributed by atoms with van der Waals surface area (Å²) >= 11 is 0. The molecule has 0 bridgehead atoms. The van der Waals surface area contributed by atoms with Crippen molar-refractivity contribution < 1.29 is 8.78 Å². The first-order valence-electron chi connectivity index (χ1n) is 4.59. The molecule has 2 fully saturated rings. The molecular formula is C9H15F2N. The van der Waals surface area contributed by atoms with Crippen LogP contribution in [0.2, 0.25) is 0 Å². The van der Waals surface area contributed by atoms with E-state index in [1.54, 1.807) is 0 Å². The minimum atomic E-state index is -2.36. The molecule has 2 aliphatic rings. The molecule has 1 nitrogen and oxygen atoms in total. The summed E-state index contributed by atoms with van der Waals surface area (Å²) in [6, 6.07) is 0.423. The van der Waals surface area contributed by atoms with Crippen LogP contribution >= 0.6 is 0 Å². The highest BCUT2D eigenvalue weighted by molar-refractivity contribution is 5.11. The zero-order chi connectivity index (χ0) is 8.98. The van der Waals surface area contributed by atoms with Gasteiger partial charge in [0.05, 0.1) is 5.41 Å². The lowest BCUT2D eigenvalue weighted by atomic mass is 9.60. The lowest BCUT2D eigenvalue weighted by Crippen LogP contribution is -2.70. The quantitative estimate of drug-likeness (QED) is 0.590. The van der Waals surface area contributed by atoms with Gasteiger partial charge < -0.3 is 0 Å². The van der Waals surface area contributed by atoms with Crippen molar-refractivity contribution in [2.45, 2.75) is 38.7 Å².